The molecule has 0 radical (unpaired) electrons. The molecule has 2 amide bonds. The molecular formula is C20H33N3O4. The van der Waals surface area contributed by atoms with Crippen LogP contribution in [-0.4, -0.2) is 72.5 Å². The Morgan fingerprint density at radius 1 is 1.26 bits per heavy atom. The van der Waals surface area contributed by atoms with Crippen LogP contribution in [0.25, 0.3) is 0 Å². The molecule has 7 nitrogen and oxygen atoms in total. The summed E-state index contributed by atoms with van der Waals surface area (Å²) in [4.78, 5) is 28.2. The number of hydrogen-bond acceptors (Lipinski definition) is 5. The van der Waals surface area contributed by atoms with Crippen molar-refractivity contribution in [3.8, 4) is 0 Å². The van der Waals surface area contributed by atoms with Gasteiger partial charge in [-0.1, -0.05) is 13.8 Å². The highest BCUT2D eigenvalue weighted by molar-refractivity contribution is 5.71. The number of piperidine rings is 1. The first-order chi connectivity index (χ1) is 12.9. The number of carbonyl (C=O) groups is 2. The second-order valence-electron chi connectivity index (χ2n) is 9.29. The maximum atomic E-state index is 12.0. The minimum Gasteiger partial charge on any atom is -0.450 e. The van der Waals surface area contributed by atoms with Crippen molar-refractivity contribution in [1.29, 1.82) is 0 Å². The topological polar surface area (TPSA) is 71.1 Å². The first-order valence-electron chi connectivity index (χ1n) is 10.5. The largest absolute Gasteiger partial charge is 0.450 e. The van der Waals surface area contributed by atoms with E-state index in [9.17, 15) is 9.59 Å². The summed E-state index contributed by atoms with van der Waals surface area (Å²) in [6.07, 6.45) is 4.84. The molecule has 0 aromatic heterocycles. The summed E-state index contributed by atoms with van der Waals surface area (Å²) in [5.41, 5.74) is -0.0222. The maximum Gasteiger partial charge on any atom is 0.409 e. The van der Waals surface area contributed by atoms with Crippen LogP contribution in [0.2, 0.25) is 0 Å². The van der Waals surface area contributed by atoms with E-state index in [4.69, 9.17) is 9.47 Å². The van der Waals surface area contributed by atoms with Gasteiger partial charge in [0.2, 0.25) is 0 Å². The molecule has 3 aliphatic heterocycles. The number of amides is 2. The van der Waals surface area contributed by atoms with Gasteiger partial charge in [-0.3, -0.25) is 0 Å². The van der Waals surface area contributed by atoms with Crippen molar-refractivity contribution in [2.24, 2.45) is 11.3 Å². The molecular weight excluding hydrogens is 346 g/mol. The molecule has 4 rings (SSSR count). The summed E-state index contributed by atoms with van der Waals surface area (Å²) in [6.45, 7) is 10.2. The Hall–Kier alpha value is -1.50. The molecule has 4 fully saturated rings. The zero-order chi connectivity index (χ0) is 19.2. The lowest BCUT2D eigenvalue weighted by Crippen LogP contribution is -2.59. The van der Waals surface area contributed by atoms with Crippen LogP contribution in [0.5, 0.6) is 0 Å². The van der Waals surface area contributed by atoms with Crippen molar-refractivity contribution in [3.05, 3.63) is 0 Å². The number of rotatable bonds is 3. The molecule has 27 heavy (non-hydrogen) atoms. The molecule has 0 bridgehead atoms. The van der Waals surface area contributed by atoms with Crippen molar-refractivity contribution < 1.29 is 19.1 Å². The van der Waals surface area contributed by atoms with Crippen molar-refractivity contribution in [2.75, 3.05) is 32.8 Å². The highest BCUT2D eigenvalue weighted by Crippen LogP contribution is 2.51. The van der Waals surface area contributed by atoms with Gasteiger partial charge in [0.05, 0.1) is 12.6 Å². The summed E-state index contributed by atoms with van der Waals surface area (Å²) in [5.74, 6) is 0.377. The van der Waals surface area contributed by atoms with E-state index in [-0.39, 0.29) is 23.8 Å². The summed E-state index contributed by atoms with van der Waals surface area (Å²) in [7, 11) is 0. The van der Waals surface area contributed by atoms with Gasteiger partial charge in [0, 0.05) is 45.1 Å². The highest BCUT2D eigenvalue weighted by atomic mass is 16.6. The van der Waals surface area contributed by atoms with Crippen molar-refractivity contribution in [1.82, 2.24) is 15.1 Å². The fraction of sp³-hybridized carbons (Fsp3) is 0.900. The van der Waals surface area contributed by atoms with Crippen molar-refractivity contribution >= 4 is 12.2 Å². The molecule has 1 atom stereocenters. The smallest absolute Gasteiger partial charge is 0.409 e. The molecule has 152 valence electrons. The van der Waals surface area contributed by atoms with Crippen molar-refractivity contribution in [2.45, 2.75) is 70.6 Å². The van der Waals surface area contributed by atoms with Gasteiger partial charge in [-0.25, -0.2) is 9.59 Å². The van der Waals surface area contributed by atoms with E-state index in [1.54, 1.807) is 0 Å². The first-order valence-corrected chi connectivity index (χ1v) is 10.5. The lowest BCUT2D eigenvalue weighted by molar-refractivity contribution is -0.0655. The molecule has 1 aliphatic carbocycles. The monoisotopic (exact) mass is 379 g/mol. The second-order valence-corrected chi connectivity index (χ2v) is 9.29. The van der Waals surface area contributed by atoms with Crippen LogP contribution in [0.15, 0.2) is 0 Å². The Balaban J connectivity index is 1.29. The minimum absolute atomic E-state index is 0.118. The third-order valence-corrected chi connectivity index (χ3v) is 7.27. The Labute approximate surface area is 161 Å². The van der Waals surface area contributed by atoms with Gasteiger partial charge in [-0.2, -0.15) is 0 Å². The van der Waals surface area contributed by atoms with Gasteiger partial charge in [0.15, 0.2) is 0 Å². The zero-order valence-corrected chi connectivity index (χ0v) is 16.8. The summed E-state index contributed by atoms with van der Waals surface area (Å²) in [5, 5.41) is 3.02. The van der Waals surface area contributed by atoms with E-state index in [2.05, 4.69) is 24.1 Å². The fourth-order valence-corrected chi connectivity index (χ4v) is 5.83. The summed E-state index contributed by atoms with van der Waals surface area (Å²) < 4.78 is 10.9. The van der Waals surface area contributed by atoms with E-state index in [0.29, 0.717) is 24.0 Å². The first kappa shape index (κ1) is 18.8. The third kappa shape index (κ3) is 3.28. The highest BCUT2D eigenvalue weighted by Gasteiger charge is 2.55. The Kier molecular flexibility index (Phi) is 4.77. The van der Waals surface area contributed by atoms with Crippen LogP contribution < -0.4 is 5.32 Å². The Morgan fingerprint density at radius 2 is 1.96 bits per heavy atom. The van der Waals surface area contributed by atoms with Crippen LogP contribution in [0.3, 0.4) is 0 Å². The summed E-state index contributed by atoms with van der Waals surface area (Å²) >= 11 is 0. The zero-order valence-electron chi connectivity index (χ0n) is 16.8. The van der Waals surface area contributed by atoms with Crippen LogP contribution in [0.1, 0.15) is 52.9 Å². The predicted molar refractivity (Wildman–Crippen MR) is 100 cm³/mol. The molecule has 0 aromatic rings. The molecule has 3 heterocycles. The molecule has 2 spiro atoms. The molecule has 0 aromatic carbocycles. The summed E-state index contributed by atoms with van der Waals surface area (Å²) in [6, 6.07) is 0.722. The van der Waals surface area contributed by atoms with Crippen LogP contribution in [0, 0.1) is 11.3 Å². The van der Waals surface area contributed by atoms with Crippen LogP contribution in [-0.2, 0) is 9.47 Å². The molecule has 3 saturated heterocycles. The molecule has 1 unspecified atom stereocenters. The van der Waals surface area contributed by atoms with Crippen molar-refractivity contribution in [3.63, 3.8) is 0 Å². The van der Waals surface area contributed by atoms with Gasteiger partial charge in [0.25, 0.3) is 0 Å². The van der Waals surface area contributed by atoms with E-state index >= 15 is 0 Å². The number of ether oxygens (including phenoxy) is 2. The average molecular weight is 380 g/mol. The van der Waals surface area contributed by atoms with Gasteiger partial charge >= 0.3 is 12.2 Å². The predicted octanol–water partition coefficient (Wildman–Crippen LogP) is 2.60. The van der Waals surface area contributed by atoms with Crippen LogP contribution >= 0.6 is 0 Å². The number of nitrogens with zero attached hydrogens (tertiary/aromatic N) is 2. The Morgan fingerprint density at radius 3 is 2.59 bits per heavy atom. The molecule has 7 heteroatoms. The van der Waals surface area contributed by atoms with Gasteiger partial charge in [0.1, 0.15) is 5.60 Å². The Bertz CT molecular complexity index is 594. The molecule has 1 saturated carbocycles. The third-order valence-electron chi connectivity index (χ3n) is 7.27. The quantitative estimate of drug-likeness (QED) is 0.816. The lowest BCUT2D eigenvalue weighted by atomic mass is 9.64. The van der Waals surface area contributed by atoms with E-state index in [1.807, 2.05) is 11.8 Å². The van der Waals surface area contributed by atoms with Gasteiger partial charge < -0.3 is 24.6 Å². The van der Waals surface area contributed by atoms with Gasteiger partial charge in [-0.15, -0.1) is 0 Å². The maximum absolute atomic E-state index is 12.0. The fourth-order valence-electron chi connectivity index (χ4n) is 5.83. The SMILES string of the molecule is CCOC(=O)N1CCC2(CC(N3CCC4(CC3)OC(=O)NC4C(C)C)C2)C1. The number of likely N-dealkylation sites (tertiary alicyclic amines) is 2. The number of nitrogens with one attached hydrogen (secondary N) is 1. The normalized spacial score (nSPS) is 35.4. The number of hydrogen-bond donors (Lipinski definition) is 1. The molecule has 4 aliphatic rings. The van der Waals surface area contributed by atoms with E-state index in [0.717, 1.165) is 45.4 Å². The minimum atomic E-state index is -0.322. The van der Waals surface area contributed by atoms with E-state index < -0.39 is 0 Å². The average Bonchev–Trinajstić information content (AvgIpc) is 3.17. The number of alkyl carbamates (subject to hydrolysis) is 1. The van der Waals surface area contributed by atoms with Crippen LogP contribution in [0.4, 0.5) is 9.59 Å². The van der Waals surface area contributed by atoms with E-state index in [1.165, 1.54) is 12.8 Å². The van der Waals surface area contributed by atoms with Gasteiger partial charge in [-0.05, 0) is 37.5 Å². The number of carbonyl (C=O) groups excluding carboxylic acids is 2. The molecule has 1 N–H and O–H groups in total. The standard InChI is InChI=1S/C20H33N3O4/c1-4-26-18(25)23-8-5-19(13-23)11-15(12-19)22-9-6-20(7-10-22)16(14(2)3)21-17(24)27-20/h14-16H,4-13H2,1-3H3,(H,21,24). The lowest BCUT2D eigenvalue weighted by Gasteiger charge is -2.53. The second kappa shape index (κ2) is 6.83.